The molecule has 12 heteroatoms. The largest absolute Gasteiger partial charge is 0.477 e. The van der Waals surface area contributed by atoms with Crippen molar-refractivity contribution in [1.82, 2.24) is 33.9 Å². The Bertz CT molecular complexity index is 1890. The monoisotopic (exact) mass is 579 g/mol. The lowest BCUT2D eigenvalue weighted by Crippen LogP contribution is -2.30. The number of amides is 1. The molecule has 5 aromatic rings. The molecule has 0 aliphatic carbocycles. The fourth-order valence-corrected chi connectivity index (χ4v) is 5.62. The molecule has 1 saturated heterocycles. The van der Waals surface area contributed by atoms with Gasteiger partial charge in [0.2, 0.25) is 0 Å². The van der Waals surface area contributed by atoms with Gasteiger partial charge in [0.05, 0.1) is 36.5 Å². The Morgan fingerprint density at radius 3 is 2.49 bits per heavy atom. The third-order valence-electron chi connectivity index (χ3n) is 7.81. The number of carboxylic acids is 1. The Balaban J connectivity index is 1.37. The fraction of sp³-hybridized carbons (Fsp3) is 0.226. The number of carbonyl (C=O) groups excluding carboxylic acids is 2. The van der Waals surface area contributed by atoms with Crippen LogP contribution in [0, 0.1) is 0 Å². The van der Waals surface area contributed by atoms with Crippen molar-refractivity contribution in [3.8, 4) is 16.8 Å². The Kier molecular flexibility index (Phi) is 7.43. The molecule has 0 radical (unpaired) electrons. The summed E-state index contributed by atoms with van der Waals surface area (Å²) < 4.78 is 4.79. The molecule has 3 aromatic heterocycles. The number of hydrogen-bond donors (Lipinski definition) is 2. The van der Waals surface area contributed by atoms with Crippen LogP contribution in [0.15, 0.2) is 77.7 Å². The SMILES string of the molecule is Cn1c(C(=O)O)cnc1CN1CCC(n2c(=O)n(-c3ccc(-c4ccccc4)cc3)c3ccc(C(=O)NCC=O)nc32)C1. The number of pyridine rings is 1. The van der Waals surface area contributed by atoms with Crippen LogP contribution >= 0.6 is 0 Å². The molecule has 4 heterocycles. The summed E-state index contributed by atoms with van der Waals surface area (Å²) in [7, 11) is 1.67. The van der Waals surface area contributed by atoms with Crippen molar-refractivity contribution in [2.24, 2.45) is 7.05 Å². The first-order valence-corrected chi connectivity index (χ1v) is 13.8. The van der Waals surface area contributed by atoms with Gasteiger partial charge >= 0.3 is 11.7 Å². The highest BCUT2D eigenvalue weighted by atomic mass is 16.4. The molecule has 0 saturated carbocycles. The van der Waals surface area contributed by atoms with Gasteiger partial charge in [0.25, 0.3) is 5.91 Å². The molecule has 218 valence electrons. The summed E-state index contributed by atoms with van der Waals surface area (Å²) in [5.41, 5.74) is 3.59. The van der Waals surface area contributed by atoms with Crippen molar-refractivity contribution in [3.05, 3.63) is 101 Å². The van der Waals surface area contributed by atoms with Gasteiger partial charge in [0.15, 0.2) is 5.65 Å². The molecule has 2 N–H and O–H groups in total. The molecule has 1 aliphatic heterocycles. The fourth-order valence-electron chi connectivity index (χ4n) is 5.62. The van der Waals surface area contributed by atoms with Crippen molar-refractivity contribution in [1.29, 1.82) is 0 Å². The predicted octanol–water partition coefficient (Wildman–Crippen LogP) is 2.66. The van der Waals surface area contributed by atoms with Crippen LogP contribution in [0.25, 0.3) is 28.0 Å². The van der Waals surface area contributed by atoms with E-state index in [0.717, 1.165) is 11.1 Å². The number of fused-ring (bicyclic) bond motifs is 1. The number of aldehydes is 1. The molecule has 1 unspecified atom stereocenters. The van der Waals surface area contributed by atoms with Crippen LogP contribution in [0.3, 0.4) is 0 Å². The lowest BCUT2D eigenvalue weighted by molar-refractivity contribution is -0.107. The summed E-state index contributed by atoms with van der Waals surface area (Å²) >= 11 is 0. The second-order valence-corrected chi connectivity index (χ2v) is 10.4. The smallest absolute Gasteiger partial charge is 0.354 e. The number of hydrogen-bond acceptors (Lipinski definition) is 7. The molecular formula is C31H29N7O5. The van der Waals surface area contributed by atoms with Gasteiger partial charge in [-0.15, -0.1) is 0 Å². The maximum atomic E-state index is 14.1. The van der Waals surface area contributed by atoms with E-state index in [-0.39, 0.29) is 29.7 Å². The highest BCUT2D eigenvalue weighted by Gasteiger charge is 2.30. The number of aromatic carboxylic acids is 1. The van der Waals surface area contributed by atoms with Gasteiger partial charge in [-0.25, -0.2) is 19.6 Å². The Morgan fingerprint density at radius 1 is 1.05 bits per heavy atom. The number of rotatable bonds is 9. The molecule has 12 nitrogen and oxygen atoms in total. The zero-order chi connectivity index (χ0) is 30.1. The lowest BCUT2D eigenvalue weighted by Gasteiger charge is -2.16. The summed E-state index contributed by atoms with van der Waals surface area (Å²) in [6, 6.07) is 20.6. The van der Waals surface area contributed by atoms with Gasteiger partial charge < -0.3 is 19.8 Å². The quantitative estimate of drug-likeness (QED) is 0.254. The van der Waals surface area contributed by atoms with E-state index in [4.69, 9.17) is 0 Å². The Hall–Kier alpha value is -5.36. The summed E-state index contributed by atoms with van der Waals surface area (Å²) in [5.74, 6) is -0.945. The van der Waals surface area contributed by atoms with Gasteiger partial charge in [0, 0.05) is 20.1 Å². The number of imidazole rings is 2. The number of carbonyl (C=O) groups is 3. The summed E-state index contributed by atoms with van der Waals surface area (Å²) in [5, 5.41) is 11.9. The second-order valence-electron chi connectivity index (χ2n) is 10.4. The van der Waals surface area contributed by atoms with E-state index in [2.05, 4.69) is 20.2 Å². The average molecular weight is 580 g/mol. The average Bonchev–Trinajstić information content (AvgIpc) is 3.71. The maximum Gasteiger partial charge on any atom is 0.354 e. The van der Waals surface area contributed by atoms with Crippen LogP contribution in [0.4, 0.5) is 0 Å². The van der Waals surface area contributed by atoms with Gasteiger partial charge in [-0.05, 0) is 41.8 Å². The molecule has 0 bridgehead atoms. The molecule has 2 aromatic carbocycles. The minimum atomic E-state index is -1.05. The molecule has 43 heavy (non-hydrogen) atoms. The lowest BCUT2D eigenvalue weighted by atomic mass is 10.1. The van der Waals surface area contributed by atoms with E-state index < -0.39 is 11.9 Å². The molecule has 1 fully saturated rings. The maximum absolute atomic E-state index is 14.1. The van der Waals surface area contributed by atoms with Crippen molar-refractivity contribution in [2.45, 2.75) is 19.0 Å². The second kappa shape index (κ2) is 11.5. The van der Waals surface area contributed by atoms with E-state index in [1.807, 2.05) is 54.6 Å². The number of nitrogens with zero attached hydrogens (tertiary/aromatic N) is 6. The third-order valence-corrected chi connectivity index (χ3v) is 7.81. The van der Waals surface area contributed by atoms with Crippen LogP contribution in [0.5, 0.6) is 0 Å². The zero-order valence-electron chi connectivity index (χ0n) is 23.4. The highest BCUT2D eigenvalue weighted by Crippen LogP contribution is 2.28. The number of likely N-dealkylation sites (tertiary alicyclic amines) is 1. The summed E-state index contributed by atoms with van der Waals surface area (Å²) in [6.07, 6.45) is 2.58. The number of aromatic nitrogens is 5. The minimum Gasteiger partial charge on any atom is -0.477 e. The molecule has 1 atom stereocenters. The van der Waals surface area contributed by atoms with Gasteiger partial charge in [-0.3, -0.25) is 18.8 Å². The third kappa shape index (κ3) is 5.24. The van der Waals surface area contributed by atoms with E-state index in [9.17, 15) is 24.3 Å². The van der Waals surface area contributed by atoms with E-state index in [1.54, 1.807) is 32.9 Å². The van der Waals surface area contributed by atoms with Gasteiger partial charge in [-0.1, -0.05) is 42.5 Å². The van der Waals surface area contributed by atoms with Crippen LogP contribution in [-0.4, -0.2) is 71.5 Å². The topological polar surface area (TPSA) is 144 Å². The minimum absolute atomic E-state index is 0.101. The van der Waals surface area contributed by atoms with Crippen molar-refractivity contribution in [3.63, 3.8) is 0 Å². The van der Waals surface area contributed by atoms with Crippen LogP contribution in [0.2, 0.25) is 0 Å². The zero-order valence-corrected chi connectivity index (χ0v) is 23.4. The van der Waals surface area contributed by atoms with Crippen LogP contribution in [-0.2, 0) is 18.4 Å². The molecule has 0 spiro atoms. The van der Waals surface area contributed by atoms with Gasteiger partial charge in [0.1, 0.15) is 23.5 Å². The van der Waals surface area contributed by atoms with Crippen molar-refractivity contribution in [2.75, 3.05) is 19.6 Å². The normalized spacial score (nSPS) is 15.1. The molecule has 1 amide bonds. The standard InChI is InChI=1S/C31H29N7O5/c1-35-26(30(41)42)17-33-27(35)19-36-15-13-23(18-36)38-28-25(12-11-24(34-28)29(40)32-14-16-39)37(31(38)43)22-9-7-21(8-10-22)20-5-3-2-4-6-20/h2-12,16-17,23H,13-15,18-19H2,1H3,(H,32,40)(H,41,42). The Labute approximate surface area is 245 Å². The predicted molar refractivity (Wildman–Crippen MR) is 158 cm³/mol. The Morgan fingerprint density at radius 2 is 1.79 bits per heavy atom. The van der Waals surface area contributed by atoms with Crippen LogP contribution < -0.4 is 11.0 Å². The highest BCUT2D eigenvalue weighted by molar-refractivity contribution is 5.95. The molecule has 1 aliphatic rings. The van der Waals surface area contributed by atoms with Crippen LogP contribution in [0.1, 0.15) is 39.3 Å². The summed E-state index contributed by atoms with van der Waals surface area (Å²) in [6.45, 7) is 1.44. The first kappa shape index (κ1) is 27.8. The van der Waals surface area contributed by atoms with E-state index in [1.165, 1.54) is 6.20 Å². The molecule has 6 rings (SSSR count). The van der Waals surface area contributed by atoms with Crippen molar-refractivity contribution < 1.29 is 19.5 Å². The first-order chi connectivity index (χ1) is 20.9. The number of nitrogens with one attached hydrogen (secondary N) is 1. The van der Waals surface area contributed by atoms with E-state index >= 15 is 0 Å². The van der Waals surface area contributed by atoms with Crippen molar-refractivity contribution >= 4 is 29.3 Å². The number of carboxylic acid groups (broad SMARTS) is 1. The van der Waals surface area contributed by atoms with Gasteiger partial charge in [-0.2, -0.15) is 0 Å². The summed E-state index contributed by atoms with van der Waals surface area (Å²) in [4.78, 5) is 60.0. The first-order valence-electron chi connectivity index (χ1n) is 13.8. The number of benzene rings is 2. The molecular weight excluding hydrogens is 550 g/mol. The van der Waals surface area contributed by atoms with E-state index in [0.29, 0.717) is 55.0 Å².